The third-order valence-electron chi connectivity index (χ3n) is 4.80. The van der Waals surface area contributed by atoms with Gasteiger partial charge in [-0.05, 0) is 43.7 Å². The molecule has 4 rings (SSSR count). The van der Waals surface area contributed by atoms with Crippen molar-refractivity contribution in [1.29, 1.82) is 0 Å². The van der Waals surface area contributed by atoms with Crippen LogP contribution < -0.4 is 10.5 Å². The molecule has 6 nitrogen and oxygen atoms in total. The monoisotopic (exact) mass is 450 g/mol. The molecular weight excluding hydrogens is 428 g/mol. The van der Waals surface area contributed by atoms with Gasteiger partial charge in [-0.2, -0.15) is 0 Å². The Hall–Kier alpha value is -2.97. The van der Waals surface area contributed by atoms with E-state index in [2.05, 4.69) is 9.97 Å². The van der Waals surface area contributed by atoms with Crippen molar-refractivity contribution in [3.8, 4) is 0 Å². The second kappa shape index (κ2) is 9.03. The highest BCUT2D eigenvalue weighted by molar-refractivity contribution is 7.98. The number of thioether (sulfide) groups is 1. The molecule has 2 heterocycles. The zero-order valence-electron chi connectivity index (χ0n) is 17.5. The van der Waals surface area contributed by atoms with Crippen molar-refractivity contribution in [3.05, 3.63) is 75.5 Å². The van der Waals surface area contributed by atoms with E-state index in [1.807, 2.05) is 61.7 Å². The summed E-state index contributed by atoms with van der Waals surface area (Å²) in [4.78, 5) is 36.1. The minimum Gasteiger partial charge on any atom is -0.287 e. The fraction of sp³-hybridized carbons (Fsp3) is 0.217. The van der Waals surface area contributed by atoms with Crippen molar-refractivity contribution in [1.82, 2.24) is 14.5 Å². The molecule has 1 amide bonds. The summed E-state index contributed by atoms with van der Waals surface area (Å²) in [6.07, 6.45) is 0. The maximum atomic E-state index is 12.8. The number of nitrogens with zero attached hydrogens (tertiary/aromatic N) is 4. The van der Waals surface area contributed by atoms with Gasteiger partial charge in [0.2, 0.25) is 5.91 Å². The van der Waals surface area contributed by atoms with Crippen LogP contribution in [0.3, 0.4) is 0 Å². The van der Waals surface area contributed by atoms with Crippen LogP contribution in [0.2, 0.25) is 0 Å². The zero-order valence-corrected chi connectivity index (χ0v) is 19.2. The third-order valence-corrected chi connectivity index (χ3v) is 6.68. The van der Waals surface area contributed by atoms with E-state index in [0.29, 0.717) is 33.5 Å². The third kappa shape index (κ3) is 4.40. The first-order chi connectivity index (χ1) is 15.0. The van der Waals surface area contributed by atoms with E-state index in [1.54, 1.807) is 15.5 Å². The highest BCUT2D eigenvalue weighted by Gasteiger charge is 2.18. The number of amides is 1. The summed E-state index contributed by atoms with van der Waals surface area (Å²) < 4.78 is 1.69. The predicted octanol–water partition coefficient (Wildman–Crippen LogP) is 5.16. The van der Waals surface area contributed by atoms with Gasteiger partial charge in [-0.3, -0.25) is 19.1 Å². The fourth-order valence-electron chi connectivity index (χ4n) is 3.33. The van der Waals surface area contributed by atoms with Crippen LogP contribution >= 0.6 is 23.1 Å². The zero-order chi connectivity index (χ0) is 22.0. The van der Waals surface area contributed by atoms with Crippen LogP contribution in [-0.4, -0.2) is 20.4 Å². The maximum absolute atomic E-state index is 12.8. The molecule has 0 spiro atoms. The molecule has 0 aliphatic rings. The second-order valence-corrected chi connectivity index (χ2v) is 8.84. The topological polar surface area (TPSA) is 68.1 Å². The van der Waals surface area contributed by atoms with E-state index in [1.165, 1.54) is 30.0 Å². The van der Waals surface area contributed by atoms with Gasteiger partial charge in [0.1, 0.15) is 0 Å². The van der Waals surface area contributed by atoms with Gasteiger partial charge in [-0.1, -0.05) is 36.0 Å². The first-order valence-corrected chi connectivity index (χ1v) is 11.8. The fourth-order valence-corrected chi connectivity index (χ4v) is 5.28. The van der Waals surface area contributed by atoms with Gasteiger partial charge in [0.25, 0.3) is 5.56 Å². The number of para-hydroxylation sites is 1. The molecule has 2 aromatic heterocycles. The molecule has 0 bridgehead atoms. The molecule has 2 aromatic carbocycles. The molecule has 0 aliphatic heterocycles. The van der Waals surface area contributed by atoms with Crippen molar-refractivity contribution in [2.24, 2.45) is 0 Å². The van der Waals surface area contributed by atoms with E-state index in [4.69, 9.17) is 0 Å². The van der Waals surface area contributed by atoms with E-state index >= 15 is 0 Å². The van der Waals surface area contributed by atoms with E-state index in [-0.39, 0.29) is 11.5 Å². The average molecular weight is 451 g/mol. The molecule has 158 valence electrons. The number of carbonyl (C=O) groups is 1. The van der Waals surface area contributed by atoms with Crippen LogP contribution in [0.5, 0.6) is 0 Å². The number of anilines is 2. The van der Waals surface area contributed by atoms with Gasteiger partial charge < -0.3 is 0 Å². The summed E-state index contributed by atoms with van der Waals surface area (Å²) in [5.74, 6) is 0.469. The van der Waals surface area contributed by atoms with Crippen molar-refractivity contribution in [3.63, 3.8) is 0 Å². The largest absolute Gasteiger partial charge is 0.287 e. The number of thiazole rings is 1. The standard InChI is InChI=1S/C23H22N4O2S2/c1-4-26-21(29)19-10-5-6-11-20(19)25-22(26)30-13-17-14-31-23(24-17)27(16(3)28)18-9-7-8-15(2)12-18/h5-12,14H,4,13H2,1-3H3. The Morgan fingerprint density at radius 1 is 1.16 bits per heavy atom. The highest BCUT2D eigenvalue weighted by Crippen LogP contribution is 2.31. The van der Waals surface area contributed by atoms with Crippen molar-refractivity contribution in [2.45, 2.75) is 38.2 Å². The van der Waals surface area contributed by atoms with Crippen LogP contribution in [0.25, 0.3) is 10.9 Å². The normalized spacial score (nSPS) is 11.1. The Labute approximate surface area is 188 Å². The molecule has 4 aromatic rings. The van der Waals surface area contributed by atoms with Crippen molar-refractivity contribution < 1.29 is 4.79 Å². The molecule has 0 saturated carbocycles. The van der Waals surface area contributed by atoms with Gasteiger partial charge in [0, 0.05) is 24.6 Å². The van der Waals surface area contributed by atoms with Gasteiger partial charge in [-0.15, -0.1) is 11.3 Å². The Morgan fingerprint density at radius 3 is 2.71 bits per heavy atom. The summed E-state index contributed by atoms with van der Waals surface area (Å²) >= 11 is 2.91. The van der Waals surface area contributed by atoms with Crippen LogP contribution in [0.15, 0.2) is 63.9 Å². The summed E-state index contributed by atoms with van der Waals surface area (Å²) in [5.41, 5.74) is 3.39. The van der Waals surface area contributed by atoms with Gasteiger partial charge in [0.15, 0.2) is 10.3 Å². The molecular formula is C23H22N4O2S2. The average Bonchev–Trinajstić information content (AvgIpc) is 3.20. The smallest absolute Gasteiger partial charge is 0.262 e. The number of carbonyl (C=O) groups excluding carboxylic acids is 1. The van der Waals surface area contributed by atoms with Gasteiger partial charge >= 0.3 is 0 Å². The first kappa shape index (κ1) is 21.3. The lowest BCUT2D eigenvalue weighted by Gasteiger charge is -2.18. The Kier molecular flexibility index (Phi) is 6.20. The number of aromatic nitrogens is 3. The molecule has 31 heavy (non-hydrogen) atoms. The SMILES string of the molecule is CCn1c(SCc2csc(N(C(C)=O)c3cccc(C)c3)n2)nc2ccccc2c1=O. The lowest BCUT2D eigenvalue weighted by atomic mass is 10.2. The second-order valence-electron chi connectivity index (χ2n) is 7.06. The van der Waals surface area contributed by atoms with Crippen molar-refractivity contribution in [2.75, 3.05) is 4.90 Å². The summed E-state index contributed by atoms with van der Waals surface area (Å²) in [6, 6.07) is 15.2. The summed E-state index contributed by atoms with van der Waals surface area (Å²) in [6.45, 7) is 6.02. The van der Waals surface area contributed by atoms with Gasteiger partial charge in [-0.25, -0.2) is 9.97 Å². The van der Waals surface area contributed by atoms with Crippen LogP contribution in [-0.2, 0) is 17.1 Å². The molecule has 0 N–H and O–H groups in total. The highest BCUT2D eigenvalue weighted by atomic mass is 32.2. The van der Waals surface area contributed by atoms with Crippen molar-refractivity contribution >= 4 is 50.7 Å². The number of aryl methyl sites for hydroxylation is 1. The van der Waals surface area contributed by atoms with Crippen LogP contribution in [0, 0.1) is 6.92 Å². The predicted molar refractivity (Wildman–Crippen MR) is 127 cm³/mol. The summed E-state index contributed by atoms with van der Waals surface area (Å²) in [5, 5.41) is 3.87. The molecule has 0 atom stereocenters. The molecule has 0 radical (unpaired) electrons. The Morgan fingerprint density at radius 2 is 1.97 bits per heavy atom. The van der Waals surface area contributed by atoms with Gasteiger partial charge in [0.05, 0.1) is 22.3 Å². The lowest BCUT2D eigenvalue weighted by molar-refractivity contribution is -0.115. The number of hydrogen-bond acceptors (Lipinski definition) is 6. The number of benzene rings is 2. The maximum Gasteiger partial charge on any atom is 0.262 e. The molecule has 0 unspecified atom stereocenters. The van der Waals surface area contributed by atoms with E-state index < -0.39 is 0 Å². The Bertz CT molecular complexity index is 1310. The molecule has 0 saturated heterocycles. The van der Waals surface area contributed by atoms with E-state index in [0.717, 1.165) is 16.9 Å². The first-order valence-electron chi connectivity index (χ1n) is 9.92. The summed E-state index contributed by atoms with van der Waals surface area (Å²) in [7, 11) is 0. The minimum absolute atomic E-state index is 0.0308. The number of rotatable bonds is 6. The Balaban J connectivity index is 1.60. The van der Waals surface area contributed by atoms with Crippen LogP contribution in [0.1, 0.15) is 25.1 Å². The number of hydrogen-bond donors (Lipinski definition) is 0. The van der Waals surface area contributed by atoms with Crippen LogP contribution in [0.4, 0.5) is 10.8 Å². The van der Waals surface area contributed by atoms with E-state index in [9.17, 15) is 9.59 Å². The quantitative estimate of drug-likeness (QED) is 0.300. The lowest BCUT2D eigenvalue weighted by Crippen LogP contribution is -2.22. The molecule has 0 aliphatic carbocycles. The molecule has 0 fully saturated rings. The number of fused-ring (bicyclic) bond motifs is 1. The molecule has 8 heteroatoms. The minimum atomic E-state index is -0.0878.